The number of carbonyl (C=O) groups excluding carboxylic acids is 1. The molecule has 0 aromatic rings. The fourth-order valence-corrected chi connectivity index (χ4v) is 3.10. The summed E-state index contributed by atoms with van der Waals surface area (Å²) in [5.41, 5.74) is 0. The summed E-state index contributed by atoms with van der Waals surface area (Å²) < 4.78 is 46.3. The van der Waals surface area contributed by atoms with Gasteiger partial charge < -0.3 is 35.6 Å². The Morgan fingerprint density at radius 1 is 1.38 bits per heavy atom. The Labute approximate surface area is 147 Å². The van der Waals surface area contributed by atoms with Gasteiger partial charge in [0.2, 0.25) is 5.91 Å². The molecule has 1 aliphatic rings. The van der Waals surface area contributed by atoms with E-state index in [0.717, 1.165) is 6.92 Å². The van der Waals surface area contributed by atoms with Gasteiger partial charge in [0.25, 0.3) is 10.1 Å². The zero-order valence-corrected chi connectivity index (χ0v) is 14.5. The van der Waals surface area contributed by atoms with Crippen LogP contribution in [0.15, 0.2) is 0 Å². The number of alkyl halides is 1. The highest BCUT2D eigenvalue weighted by Gasteiger charge is 2.64. The van der Waals surface area contributed by atoms with Crippen LogP contribution < -0.4 is 5.32 Å². The lowest BCUT2D eigenvalue weighted by atomic mass is 9.87. The van der Waals surface area contributed by atoms with Crippen LogP contribution in [-0.2, 0) is 28.6 Å². The molecule has 7 atom stereocenters. The maximum absolute atomic E-state index is 14.6. The summed E-state index contributed by atoms with van der Waals surface area (Å²) in [7, 11) is -4.64. The lowest BCUT2D eigenvalue weighted by molar-refractivity contribution is -0.308. The van der Waals surface area contributed by atoms with Gasteiger partial charge in [0, 0.05) is 6.92 Å². The van der Waals surface area contributed by atoms with Crippen LogP contribution in [0.3, 0.4) is 0 Å². The average Bonchev–Trinajstić information content (AvgIpc) is 2.51. The topological polar surface area (TPSA) is 200 Å². The molecule has 0 saturated carbocycles. The maximum atomic E-state index is 14.6. The Kier molecular flexibility index (Phi) is 7.03. The van der Waals surface area contributed by atoms with E-state index in [1.54, 1.807) is 0 Å². The number of carboxylic acid groups (broad SMARTS) is 1. The quantitative estimate of drug-likeness (QED) is 0.226. The fraction of sp³-hybridized carbons (Fsp3) is 0.833. The second-order valence-corrected chi connectivity index (χ2v) is 7.28. The van der Waals surface area contributed by atoms with Crippen molar-refractivity contribution in [1.82, 2.24) is 5.32 Å². The van der Waals surface area contributed by atoms with Gasteiger partial charge in [-0.15, -0.1) is 0 Å². The van der Waals surface area contributed by atoms with Gasteiger partial charge in [0.05, 0.1) is 18.9 Å². The highest BCUT2D eigenvalue weighted by atomic mass is 32.2. The molecular formula is C12H20FNO11S. The van der Waals surface area contributed by atoms with Crippen LogP contribution >= 0.6 is 0 Å². The number of halogens is 1. The predicted octanol–water partition coefficient (Wildman–Crippen LogP) is -3.94. The molecule has 1 amide bonds. The molecular weight excluding hydrogens is 385 g/mol. The van der Waals surface area contributed by atoms with Gasteiger partial charge in [-0.1, -0.05) is 0 Å². The molecule has 1 rings (SSSR count). The average molecular weight is 405 g/mol. The van der Waals surface area contributed by atoms with Gasteiger partial charge in [-0.25, -0.2) is 13.4 Å². The number of aliphatic hydroxyl groups is 4. The number of nitrogens with one attached hydrogen (secondary N) is 1. The summed E-state index contributed by atoms with van der Waals surface area (Å²) in [6.07, 6.45) is -11.2. The molecule has 0 bridgehead atoms. The van der Waals surface area contributed by atoms with Crippen molar-refractivity contribution in [2.45, 2.75) is 49.3 Å². The smallest absolute Gasteiger partial charge is 0.369 e. The Bertz CT molecular complexity index is 643. The molecule has 0 aliphatic carbocycles. The SMILES string of the molecule is CC(=O)N[C@@H]1C(O)C(F)[C@@](OS(C)(=O)=O)(C(=O)O)OC1[C@H](O)[C@H](O)CO. The van der Waals surface area contributed by atoms with Crippen molar-refractivity contribution in [3.8, 4) is 0 Å². The molecule has 3 unspecified atom stereocenters. The van der Waals surface area contributed by atoms with E-state index in [0.29, 0.717) is 6.26 Å². The first-order valence-corrected chi connectivity index (χ1v) is 8.96. The first kappa shape index (κ1) is 22.6. The van der Waals surface area contributed by atoms with Crippen LogP contribution in [0, 0.1) is 0 Å². The number of amides is 1. The van der Waals surface area contributed by atoms with Crippen LogP contribution in [0.4, 0.5) is 4.39 Å². The highest BCUT2D eigenvalue weighted by Crippen LogP contribution is 2.36. The van der Waals surface area contributed by atoms with Gasteiger partial charge in [-0.2, -0.15) is 8.42 Å². The Morgan fingerprint density at radius 2 is 1.92 bits per heavy atom. The molecule has 0 spiro atoms. The number of carbonyl (C=O) groups is 2. The van der Waals surface area contributed by atoms with E-state index < -0.39 is 71.0 Å². The summed E-state index contributed by atoms with van der Waals surface area (Å²) in [4.78, 5) is 22.8. The summed E-state index contributed by atoms with van der Waals surface area (Å²) in [5, 5.41) is 49.8. The highest BCUT2D eigenvalue weighted by molar-refractivity contribution is 7.86. The van der Waals surface area contributed by atoms with Crippen molar-refractivity contribution in [3.05, 3.63) is 0 Å². The van der Waals surface area contributed by atoms with Crippen LogP contribution in [0.1, 0.15) is 6.92 Å². The molecule has 0 radical (unpaired) electrons. The molecule has 1 aliphatic heterocycles. The third-order valence-electron chi connectivity index (χ3n) is 3.56. The van der Waals surface area contributed by atoms with Gasteiger partial charge in [0.1, 0.15) is 24.4 Å². The van der Waals surface area contributed by atoms with E-state index in [-0.39, 0.29) is 0 Å². The van der Waals surface area contributed by atoms with E-state index in [2.05, 4.69) is 4.18 Å². The molecule has 14 heteroatoms. The van der Waals surface area contributed by atoms with Crippen LogP contribution in [0.25, 0.3) is 0 Å². The minimum atomic E-state index is -4.64. The first-order valence-electron chi connectivity index (χ1n) is 7.15. The predicted molar refractivity (Wildman–Crippen MR) is 78.8 cm³/mol. The van der Waals surface area contributed by atoms with E-state index in [4.69, 9.17) is 9.84 Å². The van der Waals surface area contributed by atoms with Crippen LogP contribution in [0.5, 0.6) is 0 Å². The van der Waals surface area contributed by atoms with Crippen molar-refractivity contribution >= 4 is 22.0 Å². The molecule has 0 aromatic heterocycles. The van der Waals surface area contributed by atoms with Gasteiger partial charge in [-0.3, -0.25) is 4.79 Å². The summed E-state index contributed by atoms with van der Waals surface area (Å²) in [5.74, 6) is -6.72. The van der Waals surface area contributed by atoms with Crippen molar-refractivity contribution in [1.29, 1.82) is 0 Å². The molecule has 6 N–H and O–H groups in total. The Hall–Kier alpha value is -1.42. The number of aliphatic hydroxyl groups excluding tert-OH is 4. The van der Waals surface area contributed by atoms with Gasteiger partial charge in [-0.05, 0) is 0 Å². The molecule has 1 saturated heterocycles. The van der Waals surface area contributed by atoms with E-state index >= 15 is 0 Å². The molecule has 12 nitrogen and oxygen atoms in total. The largest absolute Gasteiger partial charge is 0.477 e. The Morgan fingerprint density at radius 3 is 2.31 bits per heavy atom. The van der Waals surface area contributed by atoms with Crippen molar-refractivity contribution < 1.29 is 56.8 Å². The number of aliphatic carboxylic acids is 1. The summed E-state index contributed by atoms with van der Waals surface area (Å²) >= 11 is 0. The second-order valence-electron chi connectivity index (χ2n) is 5.70. The number of hydrogen-bond donors (Lipinski definition) is 6. The van der Waals surface area contributed by atoms with Crippen LogP contribution in [0.2, 0.25) is 0 Å². The zero-order valence-electron chi connectivity index (χ0n) is 13.6. The number of carboxylic acids is 1. The van der Waals surface area contributed by atoms with E-state index in [9.17, 15) is 42.8 Å². The monoisotopic (exact) mass is 405 g/mol. The van der Waals surface area contributed by atoms with Crippen molar-refractivity contribution in [2.24, 2.45) is 0 Å². The fourth-order valence-electron chi connectivity index (χ4n) is 2.45. The van der Waals surface area contributed by atoms with E-state index in [1.807, 2.05) is 5.32 Å². The molecule has 0 aromatic carbocycles. The second kappa shape index (κ2) is 8.08. The van der Waals surface area contributed by atoms with Gasteiger partial charge >= 0.3 is 11.8 Å². The number of ether oxygens (including phenoxy) is 1. The minimum Gasteiger partial charge on any atom is -0.477 e. The summed E-state index contributed by atoms with van der Waals surface area (Å²) in [6.45, 7) is -0.0894. The zero-order chi connectivity index (χ0) is 20.4. The van der Waals surface area contributed by atoms with Crippen LogP contribution in [-0.4, -0.2) is 101 Å². The van der Waals surface area contributed by atoms with Gasteiger partial charge in [0.15, 0.2) is 6.17 Å². The van der Waals surface area contributed by atoms with Crippen molar-refractivity contribution in [2.75, 3.05) is 12.9 Å². The Balaban J connectivity index is 3.45. The lowest BCUT2D eigenvalue weighted by Gasteiger charge is -2.47. The van der Waals surface area contributed by atoms with Crippen molar-refractivity contribution in [3.63, 3.8) is 0 Å². The molecule has 26 heavy (non-hydrogen) atoms. The molecule has 1 heterocycles. The third-order valence-corrected chi connectivity index (χ3v) is 4.11. The number of rotatable bonds is 7. The molecule has 152 valence electrons. The lowest BCUT2D eigenvalue weighted by Crippen LogP contribution is -2.73. The number of hydrogen-bond acceptors (Lipinski definition) is 10. The third kappa shape index (κ3) is 4.64. The minimum absolute atomic E-state index is 0.397. The maximum Gasteiger partial charge on any atom is 0.369 e. The normalized spacial score (nSPS) is 34.7. The molecule has 1 fully saturated rings. The first-order chi connectivity index (χ1) is 11.8. The summed E-state index contributed by atoms with van der Waals surface area (Å²) in [6, 6.07) is -1.80. The van der Waals surface area contributed by atoms with E-state index in [1.165, 1.54) is 0 Å². The standard InChI is InChI=1S/C12H20FNO11S/c1-4(16)14-6-8(19)10(13)12(11(20)21,25-26(2,22)23)24-9(6)7(18)5(17)3-15/h5-10,15,17-19H,3H2,1-2H3,(H,14,16)(H,20,21)/t5-,6-,7-,8?,9?,10?,12-/m1/s1.